The lowest BCUT2D eigenvalue weighted by Gasteiger charge is -2.27. The maximum atomic E-state index is 5.31. The van der Waals surface area contributed by atoms with Crippen LogP contribution in [0.4, 0.5) is 0 Å². The first-order valence-corrected chi connectivity index (χ1v) is 4.30. The second-order valence-corrected chi connectivity index (χ2v) is 3.07. The average Bonchev–Trinajstić information content (AvgIpc) is 2.07. The highest BCUT2D eigenvalue weighted by Gasteiger charge is 2.19. The average molecular weight is 155 g/mol. The highest BCUT2D eigenvalue weighted by atomic mass is 16.5. The molecule has 0 radical (unpaired) electrons. The molecule has 0 spiro atoms. The maximum absolute atomic E-state index is 5.31. The van der Waals surface area contributed by atoms with Gasteiger partial charge in [0.25, 0.3) is 0 Å². The zero-order valence-electron chi connectivity index (χ0n) is 7.18. The van der Waals surface area contributed by atoms with Crippen molar-refractivity contribution in [2.24, 2.45) is 0 Å². The van der Waals surface area contributed by atoms with Gasteiger partial charge in [0.1, 0.15) is 0 Å². The van der Waals surface area contributed by atoms with Gasteiger partial charge in [0.15, 0.2) is 0 Å². The molecule has 1 rings (SSSR count). The summed E-state index contributed by atoms with van der Waals surface area (Å²) < 4.78 is 5.31. The Labute approximate surface area is 68.6 Å². The van der Waals surface area contributed by atoms with Crippen LogP contribution in [0.5, 0.6) is 0 Å². The molecule has 11 heavy (non-hydrogen) atoms. The fourth-order valence-corrected chi connectivity index (χ4v) is 1.62. The molecule has 0 bridgehead atoms. The summed E-state index contributed by atoms with van der Waals surface area (Å²) >= 11 is 0. The molecule has 0 saturated heterocycles. The van der Waals surface area contributed by atoms with Crippen molar-refractivity contribution in [3.63, 3.8) is 0 Å². The fraction of sp³-hybridized carbons (Fsp3) is 0.778. The van der Waals surface area contributed by atoms with Crippen molar-refractivity contribution in [2.75, 3.05) is 7.05 Å². The minimum atomic E-state index is 0.428. The molecule has 1 aliphatic carbocycles. The maximum Gasteiger partial charge on any atom is 0.0979 e. The molecule has 0 aromatic heterocycles. The van der Waals surface area contributed by atoms with Crippen LogP contribution in [-0.4, -0.2) is 19.2 Å². The number of rotatable bonds is 3. The molecule has 2 nitrogen and oxygen atoms in total. The van der Waals surface area contributed by atoms with Gasteiger partial charge in [-0.3, -0.25) is 0 Å². The zero-order valence-corrected chi connectivity index (χ0v) is 7.18. The summed E-state index contributed by atoms with van der Waals surface area (Å²) in [6, 6.07) is 0.708. The van der Waals surface area contributed by atoms with Gasteiger partial charge in [-0.15, -0.1) is 0 Å². The van der Waals surface area contributed by atoms with Gasteiger partial charge in [0.2, 0.25) is 0 Å². The molecular formula is C9H17NO. The normalized spacial score (nSPS) is 31.4. The van der Waals surface area contributed by atoms with Crippen LogP contribution in [0.1, 0.15) is 25.7 Å². The monoisotopic (exact) mass is 155 g/mol. The first-order chi connectivity index (χ1) is 5.36. The third kappa shape index (κ3) is 2.54. The van der Waals surface area contributed by atoms with Crippen LogP contribution >= 0.6 is 0 Å². The molecule has 2 heteroatoms. The highest BCUT2D eigenvalue weighted by molar-refractivity contribution is 4.77. The smallest absolute Gasteiger partial charge is 0.0979 e. The van der Waals surface area contributed by atoms with E-state index >= 15 is 0 Å². The Bertz CT molecular complexity index is 117. The molecule has 0 aromatic carbocycles. The standard InChI is InChI=1S/C9H17NO/c1-3-11-9-6-4-8(10-2)5-7-9/h3,8-10H,1,4-7H2,2H3. The molecule has 0 atom stereocenters. The lowest BCUT2D eigenvalue weighted by Crippen LogP contribution is -2.32. The third-order valence-corrected chi connectivity index (χ3v) is 2.37. The molecule has 1 N–H and O–H groups in total. The number of nitrogens with one attached hydrogen (secondary N) is 1. The lowest BCUT2D eigenvalue weighted by molar-refractivity contribution is 0.0970. The molecule has 1 saturated carbocycles. The summed E-state index contributed by atoms with van der Waals surface area (Å²) in [5.74, 6) is 0. The van der Waals surface area contributed by atoms with Gasteiger partial charge in [-0.1, -0.05) is 6.58 Å². The van der Waals surface area contributed by atoms with E-state index in [1.54, 1.807) is 6.26 Å². The summed E-state index contributed by atoms with van der Waals surface area (Å²) in [6.07, 6.45) is 6.78. The van der Waals surface area contributed by atoms with Gasteiger partial charge in [-0.05, 0) is 32.7 Å². The number of hydrogen-bond acceptors (Lipinski definition) is 2. The minimum absolute atomic E-state index is 0.428. The van der Waals surface area contributed by atoms with E-state index in [-0.39, 0.29) is 0 Å². The summed E-state index contributed by atoms with van der Waals surface area (Å²) in [5.41, 5.74) is 0. The summed E-state index contributed by atoms with van der Waals surface area (Å²) in [5, 5.41) is 3.29. The van der Waals surface area contributed by atoms with E-state index in [2.05, 4.69) is 11.9 Å². The number of hydrogen-bond donors (Lipinski definition) is 1. The van der Waals surface area contributed by atoms with Gasteiger partial charge in [-0.2, -0.15) is 0 Å². The SMILES string of the molecule is C=COC1CCC(NC)CC1. The molecule has 0 heterocycles. The van der Waals surface area contributed by atoms with Crippen molar-refractivity contribution in [3.05, 3.63) is 12.8 Å². The van der Waals surface area contributed by atoms with Crippen molar-refractivity contribution >= 4 is 0 Å². The van der Waals surface area contributed by atoms with E-state index in [9.17, 15) is 0 Å². The van der Waals surface area contributed by atoms with Crippen LogP contribution in [-0.2, 0) is 4.74 Å². The van der Waals surface area contributed by atoms with Crippen molar-refractivity contribution in [1.82, 2.24) is 5.32 Å². The molecule has 64 valence electrons. The molecule has 0 amide bonds. The summed E-state index contributed by atoms with van der Waals surface area (Å²) in [6.45, 7) is 3.56. The predicted molar refractivity (Wildman–Crippen MR) is 46.4 cm³/mol. The Kier molecular flexibility index (Phi) is 3.43. The van der Waals surface area contributed by atoms with Crippen molar-refractivity contribution < 1.29 is 4.74 Å². The topological polar surface area (TPSA) is 21.3 Å². The van der Waals surface area contributed by atoms with E-state index in [0.717, 1.165) is 12.8 Å². The van der Waals surface area contributed by atoms with Crippen molar-refractivity contribution in [2.45, 2.75) is 37.8 Å². The van der Waals surface area contributed by atoms with Crippen molar-refractivity contribution in [3.8, 4) is 0 Å². The first-order valence-electron chi connectivity index (χ1n) is 4.30. The molecule has 1 fully saturated rings. The summed E-state index contributed by atoms with van der Waals surface area (Å²) in [4.78, 5) is 0. The van der Waals surface area contributed by atoms with Crippen molar-refractivity contribution in [1.29, 1.82) is 0 Å². The van der Waals surface area contributed by atoms with Crippen LogP contribution < -0.4 is 5.32 Å². The van der Waals surface area contributed by atoms with E-state index in [1.165, 1.54) is 12.8 Å². The summed E-state index contributed by atoms with van der Waals surface area (Å²) in [7, 11) is 2.03. The van der Waals surface area contributed by atoms with Gasteiger partial charge in [-0.25, -0.2) is 0 Å². The quantitative estimate of drug-likeness (QED) is 0.626. The highest BCUT2D eigenvalue weighted by Crippen LogP contribution is 2.20. The fourth-order valence-electron chi connectivity index (χ4n) is 1.62. The van der Waals surface area contributed by atoms with Crippen LogP contribution in [0, 0.1) is 0 Å². The first kappa shape index (κ1) is 8.60. The Morgan fingerprint density at radius 2 is 2.00 bits per heavy atom. The van der Waals surface area contributed by atoms with Crippen LogP contribution in [0.15, 0.2) is 12.8 Å². The van der Waals surface area contributed by atoms with Gasteiger partial charge in [0.05, 0.1) is 12.4 Å². The van der Waals surface area contributed by atoms with E-state index in [0.29, 0.717) is 12.1 Å². The lowest BCUT2D eigenvalue weighted by atomic mass is 9.93. The molecule has 0 aromatic rings. The van der Waals surface area contributed by atoms with E-state index in [4.69, 9.17) is 4.74 Å². The Hall–Kier alpha value is -0.500. The third-order valence-electron chi connectivity index (χ3n) is 2.37. The molecule has 1 aliphatic rings. The van der Waals surface area contributed by atoms with Gasteiger partial charge >= 0.3 is 0 Å². The largest absolute Gasteiger partial charge is 0.499 e. The Morgan fingerprint density at radius 1 is 1.36 bits per heavy atom. The van der Waals surface area contributed by atoms with E-state index < -0.39 is 0 Å². The predicted octanol–water partition coefficient (Wildman–Crippen LogP) is 1.68. The van der Waals surface area contributed by atoms with Crippen LogP contribution in [0.25, 0.3) is 0 Å². The Balaban J connectivity index is 2.18. The van der Waals surface area contributed by atoms with Crippen LogP contribution in [0.3, 0.4) is 0 Å². The van der Waals surface area contributed by atoms with E-state index in [1.807, 2.05) is 7.05 Å². The molecular weight excluding hydrogens is 138 g/mol. The second kappa shape index (κ2) is 4.39. The molecule has 0 aliphatic heterocycles. The number of ether oxygens (including phenoxy) is 1. The molecule has 0 unspecified atom stereocenters. The van der Waals surface area contributed by atoms with Gasteiger partial charge < -0.3 is 10.1 Å². The minimum Gasteiger partial charge on any atom is -0.499 e. The Morgan fingerprint density at radius 3 is 2.45 bits per heavy atom. The second-order valence-electron chi connectivity index (χ2n) is 3.07. The van der Waals surface area contributed by atoms with Gasteiger partial charge in [0, 0.05) is 6.04 Å². The van der Waals surface area contributed by atoms with Crippen LogP contribution in [0.2, 0.25) is 0 Å². The zero-order chi connectivity index (χ0) is 8.10.